The van der Waals surface area contributed by atoms with Crippen LogP contribution in [0.1, 0.15) is 10.4 Å². The summed E-state index contributed by atoms with van der Waals surface area (Å²) in [7, 11) is 0. The summed E-state index contributed by atoms with van der Waals surface area (Å²) in [5.74, 6) is -0.681. The van der Waals surface area contributed by atoms with Gasteiger partial charge in [-0.25, -0.2) is 0 Å². The lowest BCUT2D eigenvalue weighted by molar-refractivity contribution is -0.119. The highest BCUT2D eigenvalue weighted by Crippen LogP contribution is 2.21. The van der Waals surface area contributed by atoms with Crippen LogP contribution in [-0.4, -0.2) is 32.3 Å². The molecule has 2 N–H and O–H groups in total. The van der Waals surface area contributed by atoms with Gasteiger partial charge in [0.05, 0.1) is 11.4 Å². The fourth-order valence-electron chi connectivity index (χ4n) is 2.08. The summed E-state index contributed by atoms with van der Waals surface area (Å²) in [6.07, 6.45) is 1.54. The van der Waals surface area contributed by atoms with E-state index in [1.165, 1.54) is 11.8 Å². The van der Waals surface area contributed by atoms with Crippen LogP contribution in [0.5, 0.6) is 0 Å². The minimum atomic E-state index is -0.383. The number of thioether (sulfide) groups is 1. The second kappa shape index (κ2) is 8.50. The molecule has 0 saturated heterocycles. The first-order valence-electron chi connectivity index (χ1n) is 7.56. The maximum Gasteiger partial charge on any atom is 0.269 e. The van der Waals surface area contributed by atoms with Gasteiger partial charge in [-0.1, -0.05) is 47.6 Å². The first-order valence-corrected chi connectivity index (χ1v) is 8.93. The van der Waals surface area contributed by atoms with Crippen molar-refractivity contribution in [2.45, 2.75) is 5.16 Å². The molecule has 7 nitrogen and oxygen atoms in total. The van der Waals surface area contributed by atoms with E-state index in [1.54, 1.807) is 47.3 Å². The van der Waals surface area contributed by atoms with Crippen LogP contribution < -0.4 is 10.9 Å². The molecule has 26 heavy (non-hydrogen) atoms. The number of rotatable bonds is 5. The molecular weight excluding hydrogens is 374 g/mol. The van der Waals surface area contributed by atoms with Gasteiger partial charge in [0.2, 0.25) is 5.91 Å². The highest BCUT2D eigenvalue weighted by atomic mass is 35.5. The Morgan fingerprint density at radius 3 is 2.65 bits per heavy atom. The maximum absolute atomic E-state index is 12.0. The number of carbonyl (C=O) groups is 2. The third-order valence-electron chi connectivity index (χ3n) is 3.29. The van der Waals surface area contributed by atoms with Gasteiger partial charge in [-0.2, -0.15) is 0 Å². The lowest BCUT2D eigenvalue weighted by atomic mass is 10.2. The van der Waals surface area contributed by atoms with Crippen molar-refractivity contribution in [1.29, 1.82) is 0 Å². The SMILES string of the molecule is O=C(CSc1nncn1-c1cccc(Cl)c1)NNC(=O)c1ccccc1. The number of carbonyl (C=O) groups excluding carboxylic acids is 2. The fourth-order valence-corrected chi connectivity index (χ4v) is 2.99. The maximum atomic E-state index is 12.0. The molecule has 3 aromatic rings. The Hall–Kier alpha value is -2.84. The molecule has 132 valence electrons. The Bertz CT molecular complexity index is 916. The van der Waals surface area contributed by atoms with Gasteiger partial charge >= 0.3 is 0 Å². The van der Waals surface area contributed by atoms with Crippen LogP contribution in [-0.2, 0) is 4.79 Å². The van der Waals surface area contributed by atoms with Crippen LogP contribution in [0.4, 0.5) is 0 Å². The van der Waals surface area contributed by atoms with E-state index >= 15 is 0 Å². The number of benzene rings is 2. The van der Waals surface area contributed by atoms with Crippen LogP contribution in [0.2, 0.25) is 5.02 Å². The minimum Gasteiger partial charge on any atom is -0.277 e. The van der Waals surface area contributed by atoms with Gasteiger partial charge in [0.1, 0.15) is 6.33 Å². The molecule has 3 rings (SSSR count). The summed E-state index contributed by atoms with van der Waals surface area (Å²) in [5, 5.41) is 9.00. The number of hydrogen-bond acceptors (Lipinski definition) is 5. The zero-order valence-corrected chi connectivity index (χ0v) is 15.0. The van der Waals surface area contributed by atoms with Gasteiger partial charge in [-0.05, 0) is 30.3 Å². The Balaban J connectivity index is 1.54. The molecule has 9 heteroatoms. The molecule has 0 bridgehead atoms. The predicted octanol–water partition coefficient (Wildman–Crippen LogP) is 2.47. The van der Waals surface area contributed by atoms with Crippen LogP contribution in [0.15, 0.2) is 66.1 Å². The van der Waals surface area contributed by atoms with E-state index < -0.39 is 0 Å². The number of nitrogens with one attached hydrogen (secondary N) is 2. The molecule has 0 spiro atoms. The predicted molar refractivity (Wildman–Crippen MR) is 99.1 cm³/mol. The molecule has 0 aliphatic heterocycles. The smallest absolute Gasteiger partial charge is 0.269 e. The standard InChI is InChI=1S/C17H14ClN5O2S/c18-13-7-4-8-14(9-13)23-11-19-22-17(23)26-10-15(24)20-21-16(25)12-5-2-1-3-6-12/h1-9,11H,10H2,(H,20,24)(H,21,25). The average Bonchev–Trinajstić information content (AvgIpc) is 3.14. The van der Waals surface area contributed by atoms with E-state index in [0.717, 1.165) is 5.69 Å². The van der Waals surface area contributed by atoms with Crippen molar-refractivity contribution in [2.75, 3.05) is 5.75 Å². The molecule has 0 radical (unpaired) electrons. The van der Waals surface area contributed by atoms with E-state index in [4.69, 9.17) is 11.6 Å². The number of hydrogen-bond donors (Lipinski definition) is 2. The van der Waals surface area contributed by atoms with Crippen molar-refractivity contribution in [1.82, 2.24) is 25.6 Å². The quantitative estimate of drug-likeness (QED) is 0.518. The normalized spacial score (nSPS) is 10.3. The van der Waals surface area contributed by atoms with Crippen LogP contribution in [0, 0.1) is 0 Å². The van der Waals surface area contributed by atoms with Gasteiger partial charge in [0.15, 0.2) is 5.16 Å². The molecule has 0 saturated carbocycles. The van der Waals surface area contributed by atoms with E-state index in [1.807, 2.05) is 18.2 Å². The highest BCUT2D eigenvalue weighted by molar-refractivity contribution is 7.99. The fraction of sp³-hybridized carbons (Fsp3) is 0.0588. The lowest BCUT2D eigenvalue weighted by Gasteiger charge is -2.08. The second-order valence-electron chi connectivity index (χ2n) is 5.12. The molecule has 0 aliphatic carbocycles. The van der Waals surface area contributed by atoms with Crippen molar-refractivity contribution in [3.05, 3.63) is 71.5 Å². The van der Waals surface area contributed by atoms with E-state index in [2.05, 4.69) is 21.0 Å². The average molecular weight is 388 g/mol. The number of nitrogens with zero attached hydrogens (tertiary/aromatic N) is 3. The van der Waals surface area contributed by atoms with E-state index in [0.29, 0.717) is 15.7 Å². The van der Waals surface area contributed by atoms with E-state index in [9.17, 15) is 9.59 Å². The first kappa shape index (κ1) is 18.0. The molecule has 0 aliphatic rings. The zero-order chi connectivity index (χ0) is 18.4. The topological polar surface area (TPSA) is 88.9 Å². The largest absolute Gasteiger partial charge is 0.277 e. The molecule has 2 aromatic carbocycles. The van der Waals surface area contributed by atoms with Crippen molar-refractivity contribution >= 4 is 35.2 Å². The van der Waals surface area contributed by atoms with E-state index in [-0.39, 0.29) is 17.6 Å². The Kier molecular flexibility index (Phi) is 5.88. The Labute approximate surface area is 158 Å². The molecule has 2 amide bonds. The molecule has 1 heterocycles. The number of aromatic nitrogens is 3. The number of hydrazine groups is 1. The number of halogens is 1. The molecule has 1 aromatic heterocycles. The Morgan fingerprint density at radius 2 is 1.88 bits per heavy atom. The van der Waals surface area contributed by atoms with Gasteiger partial charge in [-0.3, -0.25) is 25.0 Å². The molecule has 0 fully saturated rings. The van der Waals surface area contributed by atoms with Gasteiger partial charge < -0.3 is 0 Å². The molecule has 0 unspecified atom stereocenters. The molecular formula is C17H14ClN5O2S. The summed E-state index contributed by atoms with van der Waals surface area (Å²) in [4.78, 5) is 23.8. The Morgan fingerprint density at radius 1 is 1.08 bits per heavy atom. The van der Waals surface area contributed by atoms with Gasteiger partial charge in [0, 0.05) is 10.6 Å². The van der Waals surface area contributed by atoms with Crippen molar-refractivity contribution in [3.8, 4) is 5.69 Å². The second-order valence-corrected chi connectivity index (χ2v) is 6.50. The van der Waals surface area contributed by atoms with Crippen LogP contribution in [0.25, 0.3) is 5.69 Å². The van der Waals surface area contributed by atoms with Crippen LogP contribution in [0.3, 0.4) is 0 Å². The number of amides is 2. The third kappa shape index (κ3) is 4.62. The van der Waals surface area contributed by atoms with Crippen molar-refractivity contribution in [3.63, 3.8) is 0 Å². The molecule has 0 atom stereocenters. The lowest BCUT2D eigenvalue weighted by Crippen LogP contribution is -2.42. The highest BCUT2D eigenvalue weighted by Gasteiger charge is 2.11. The summed E-state index contributed by atoms with van der Waals surface area (Å²) >= 11 is 7.19. The van der Waals surface area contributed by atoms with Gasteiger partial charge in [-0.15, -0.1) is 10.2 Å². The minimum absolute atomic E-state index is 0.0638. The van der Waals surface area contributed by atoms with Crippen LogP contribution >= 0.6 is 23.4 Å². The summed E-state index contributed by atoms with van der Waals surface area (Å²) < 4.78 is 1.73. The van der Waals surface area contributed by atoms with Gasteiger partial charge in [0.25, 0.3) is 5.91 Å². The third-order valence-corrected chi connectivity index (χ3v) is 4.46. The summed E-state index contributed by atoms with van der Waals surface area (Å²) in [5.41, 5.74) is 6.00. The zero-order valence-electron chi connectivity index (χ0n) is 13.4. The first-order chi connectivity index (χ1) is 12.6. The summed E-state index contributed by atoms with van der Waals surface area (Å²) in [6.45, 7) is 0. The van der Waals surface area contributed by atoms with Crippen molar-refractivity contribution < 1.29 is 9.59 Å². The monoisotopic (exact) mass is 387 g/mol. The van der Waals surface area contributed by atoms with Crippen molar-refractivity contribution in [2.24, 2.45) is 0 Å². The summed E-state index contributed by atoms with van der Waals surface area (Å²) in [6, 6.07) is 15.8.